The van der Waals surface area contributed by atoms with E-state index in [1.165, 1.54) is 19.3 Å². The van der Waals surface area contributed by atoms with Gasteiger partial charge in [0.1, 0.15) is 0 Å². The zero-order chi connectivity index (χ0) is 11.3. The first-order chi connectivity index (χ1) is 7.66. The van der Waals surface area contributed by atoms with Crippen molar-refractivity contribution in [1.29, 1.82) is 0 Å². The maximum absolute atomic E-state index is 11.7. The summed E-state index contributed by atoms with van der Waals surface area (Å²) in [6.07, 6.45) is 5.68. The lowest BCUT2D eigenvalue weighted by Crippen LogP contribution is -2.31. The van der Waals surface area contributed by atoms with Crippen LogP contribution >= 0.6 is 0 Å². The van der Waals surface area contributed by atoms with Crippen LogP contribution in [0.5, 0.6) is 0 Å². The molecule has 0 aromatic heterocycles. The van der Waals surface area contributed by atoms with Crippen molar-refractivity contribution in [2.75, 3.05) is 0 Å². The summed E-state index contributed by atoms with van der Waals surface area (Å²) in [6, 6.07) is 0.674. The van der Waals surface area contributed by atoms with Crippen LogP contribution in [0.2, 0.25) is 0 Å². The van der Waals surface area contributed by atoms with Gasteiger partial charge in [0, 0.05) is 18.5 Å². The fourth-order valence-electron chi connectivity index (χ4n) is 4.14. The minimum atomic E-state index is 0.139. The van der Waals surface area contributed by atoms with Crippen LogP contribution in [-0.2, 0) is 4.79 Å². The molecule has 5 atom stereocenters. The first kappa shape index (κ1) is 10.6. The first-order valence-corrected chi connectivity index (χ1v) is 6.71. The molecule has 0 aliphatic heterocycles. The molecule has 3 heteroatoms. The average Bonchev–Trinajstić information content (AvgIpc) is 2.66. The van der Waals surface area contributed by atoms with Gasteiger partial charge in [-0.25, -0.2) is 0 Å². The molecule has 90 valence electrons. The Balaban J connectivity index is 1.46. The predicted octanol–water partition coefficient (Wildman–Crippen LogP) is 1.27. The molecule has 1 amide bonds. The lowest BCUT2D eigenvalue weighted by atomic mass is 10.0. The zero-order valence-electron chi connectivity index (χ0n) is 9.99. The molecular weight excluding hydrogens is 200 g/mol. The standard InChI is InChI=1S/C13H22N2O/c1-7(14)2-5-10(16)15-13-11-8-3-4-9(6-8)12(11)13/h7-9,11-13H,2-6,14H2,1H3,(H,15,16). The average molecular weight is 222 g/mol. The third-order valence-corrected chi connectivity index (χ3v) is 4.89. The van der Waals surface area contributed by atoms with E-state index in [4.69, 9.17) is 5.73 Å². The minimum absolute atomic E-state index is 0.139. The van der Waals surface area contributed by atoms with Crippen molar-refractivity contribution in [3.63, 3.8) is 0 Å². The van der Waals surface area contributed by atoms with Crippen LogP contribution in [0.4, 0.5) is 0 Å². The van der Waals surface area contributed by atoms with Gasteiger partial charge in [0.15, 0.2) is 0 Å². The highest BCUT2D eigenvalue weighted by atomic mass is 16.1. The van der Waals surface area contributed by atoms with Gasteiger partial charge in [0.05, 0.1) is 0 Å². The van der Waals surface area contributed by atoms with Gasteiger partial charge >= 0.3 is 0 Å². The summed E-state index contributed by atoms with van der Waals surface area (Å²) in [7, 11) is 0. The van der Waals surface area contributed by atoms with Crippen molar-refractivity contribution >= 4 is 5.91 Å². The minimum Gasteiger partial charge on any atom is -0.353 e. The second-order valence-electron chi connectivity index (χ2n) is 6.10. The highest BCUT2D eigenvalue weighted by Gasteiger charge is 2.65. The largest absolute Gasteiger partial charge is 0.353 e. The number of hydrogen-bond donors (Lipinski definition) is 2. The number of carbonyl (C=O) groups excluding carboxylic acids is 1. The maximum atomic E-state index is 11.7. The highest BCUT2D eigenvalue weighted by molar-refractivity contribution is 5.76. The van der Waals surface area contributed by atoms with Crippen LogP contribution in [0.3, 0.4) is 0 Å². The number of carbonyl (C=O) groups is 1. The lowest BCUT2D eigenvalue weighted by Gasteiger charge is -2.11. The van der Waals surface area contributed by atoms with E-state index >= 15 is 0 Å². The van der Waals surface area contributed by atoms with Crippen molar-refractivity contribution < 1.29 is 4.79 Å². The predicted molar refractivity (Wildman–Crippen MR) is 62.6 cm³/mol. The van der Waals surface area contributed by atoms with Crippen molar-refractivity contribution in [3.8, 4) is 0 Å². The lowest BCUT2D eigenvalue weighted by molar-refractivity contribution is -0.121. The van der Waals surface area contributed by atoms with Gasteiger partial charge in [0.2, 0.25) is 5.91 Å². The Morgan fingerprint density at radius 3 is 2.56 bits per heavy atom. The van der Waals surface area contributed by atoms with Crippen LogP contribution in [0.25, 0.3) is 0 Å². The molecule has 3 rings (SSSR count). The van der Waals surface area contributed by atoms with E-state index in [0.29, 0.717) is 12.5 Å². The third-order valence-electron chi connectivity index (χ3n) is 4.89. The van der Waals surface area contributed by atoms with Gasteiger partial charge in [-0.1, -0.05) is 0 Å². The summed E-state index contributed by atoms with van der Waals surface area (Å²) in [4.78, 5) is 11.7. The van der Waals surface area contributed by atoms with E-state index in [9.17, 15) is 4.79 Å². The Morgan fingerprint density at radius 1 is 1.38 bits per heavy atom. The smallest absolute Gasteiger partial charge is 0.220 e. The summed E-state index contributed by atoms with van der Waals surface area (Å²) < 4.78 is 0. The SMILES string of the molecule is CC(N)CCC(=O)NC1C2C3CCC(C3)C12. The second kappa shape index (κ2) is 3.73. The topological polar surface area (TPSA) is 55.1 Å². The second-order valence-corrected chi connectivity index (χ2v) is 6.10. The van der Waals surface area contributed by atoms with E-state index < -0.39 is 0 Å². The van der Waals surface area contributed by atoms with E-state index in [-0.39, 0.29) is 11.9 Å². The fourth-order valence-corrected chi connectivity index (χ4v) is 4.14. The Bertz CT molecular complexity index is 286. The first-order valence-electron chi connectivity index (χ1n) is 6.71. The zero-order valence-corrected chi connectivity index (χ0v) is 9.99. The number of hydrogen-bond acceptors (Lipinski definition) is 2. The molecule has 3 N–H and O–H groups in total. The van der Waals surface area contributed by atoms with Crippen LogP contribution in [0, 0.1) is 23.7 Å². The molecule has 0 spiro atoms. The van der Waals surface area contributed by atoms with Gasteiger partial charge in [0.25, 0.3) is 0 Å². The van der Waals surface area contributed by atoms with Gasteiger partial charge in [-0.05, 0) is 56.3 Å². The van der Waals surface area contributed by atoms with Crippen molar-refractivity contribution in [2.24, 2.45) is 29.4 Å². The molecule has 3 saturated carbocycles. The van der Waals surface area contributed by atoms with E-state index in [2.05, 4.69) is 5.32 Å². The molecule has 0 saturated heterocycles. The number of rotatable bonds is 4. The molecule has 0 radical (unpaired) electrons. The summed E-state index contributed by atoms with van der Waals surface area (Å²) >= 11 is 0. The van der Waals surface area contributed by atoms with Gasteiger partial charge in [-0.15, -0.1) is 0 Å². The summed E-state index contributed by atoms with van der Waals surface area (Å²) in [6.45, 7) is 1.96. The normalized spacial score (nSPS) is 45.2. The molecular formula is C13H22N2O. The van der Waals surface area contributed by atoms with E-state index in [1.54, 1.807) is 0 Å². The quantitative estimate of drug-likeness (QED) is 0.752. The molecule has 5 unspecified atom stereocenters. The summed E-state index contributed by atoms with van der Waals surface area (Å²) in [5.74, 6) is 3.79. The highest BCUT2D eigenvalue weighted by Crippen LogP contribution is 2.65. The third kappa shape index (κ3) is 1.65. The van der Waals surface area contributed by atoms with E-state index in [1.807, 2.05) is 6.92 Å². The Hall–Kier alpha value is -0.570. The summed E-state index contributed by atoms with van der Waals surface area (Å²) in [5, 5.41) is 3.22. The molecule has 16 heavy (non-hydrogen) atoms. The number of nitrogens with two attached hydrogens (primary N) is 1. The Kier molecular flexibility index (Phi) is 2.46. The Labute approximate surface area is 97.2 Å². The van der Waals surface area contributed by atoms with Gasteiger partial charge in [-0.3, -0.25) is 4.79 Å². The van der Waals surface area contributed by atoms with Crippen molar-refractivity contribution in [3.05, 3.63) is 0 Å². The summed E-state index contributed by atoms with van der Waals surface area (Å²) in [5.41, 5.74) is 5.65. The molecule has 2 bridgehead atoms. The monoisotopic (exact) mass is 222 g/mol. The molecule has 3 fully saturated rings. The van der Waals surface area contributed by atoms with Crippen molar-refractivity contribution in [1.82, 2.24) is 5.32 Å². The molecule has 3 aliphatic carbocycles. The Morgan fingerprint density at radius 2 is 2.00 bits per heavy atom. The van der Waals surface area contributed by atoms with Crippen LogP contribution in [0.1, 0.15) is 39.0 Å². The van der Waals surface area contributed by atoms with Gasteiger partial charge < -0.3 is 11.1 Å². The molecule has 0 heterocycles. The molecule has 0 aromatic rings. The number of amides is 1. The maximum Gasteiger partial charge on any atom is 0.220 e. The van der Waals surface area contributed by atoms with Crippen LogP contribution in [0.15, 0.2) is 0 Å². The van der Waals surface area contributed by atoms with E-state index in [0.717, 1.165) is 30.1 Å². The fraction of sp³-hybridized carbons (Fsp3) is 0.923. The van der Waals surface area contributed by atoms with Crippen LogP contribution in [-0.4, -0.2) is 18.0 Å². The molecule has 0 aromatic carbocycles. The number of nitrogens with one attached hydrogen (secondary N) is 1. The number of fused-ring (bicyclic) bond motifs is 5. The van der Waals surface area contributed by atoms with Gasteiger partial charge in [-0.2, -0.15) is 0 Å². The molecule has 3 nitrogen and oxygen atoms in total. The molecule has 3 aliphatic rings. The van der Waals surface area contributed by atoms with Crippen LogP contribution < -0.4 is 11.1 Å². The van der Waals surface area contributed by atoms with Crippen molar-refractivity contribution in [2.45, 2.75) is 51.1 Å².